The van der Waals surface area contributed by atoms with Crippen molar-refractivity contribution in [3.05, 3.63) is 48.4 Å². The summed E-state index contributed by atoms with van der Waals surface area (Å²) in [5.74, 6) is 0.846. The third-order valence-corrected chi connectivity index (χ3v) is 3.09. The fourth-order valence-electron chi connectivity index (χ4n) is 2.15. The number of hydrogen-bond acceptors (Lipinski definition) is 2. The highest BCUT2D eigenvalue weighted by Gasteiger charge is 2.13. The minimum Gasteiger partial charge on any atom is -0.451 e. The molecule has 102 valence electrons. The van der Waals surface area contributed by atoms with Crippen LogP contribution in [0.4, 0.5) is 0 Å². The number of furan rings is 1. The second-order valence-electron chi connectivity index (χ2n) is 5.07. The molecule has 1 amide bonds. The molecular formula is C16H16N2O2. The maximum atomic E-state index is 11.9. The van der Waals surface area contributed by atoms with Crippen LogP contribution in [0.3, 0.4) is 0 Å². The molecule has 2 aromatic heterocycles. The molecule has 2 N–H and O–H groups in total. The van der Waals surface area contributed by atoms with Crippen LogP contribution in [0.15, 0.2) is 47.0 Å². The van der Waals surface area contributed by atoms with E-state index in [1.807, 2.05) is 50.4 Å². The lowest BCUT2D eigenvalue weighted by Gasteiger charge is -2.05. The number of rotatable bonds is 3. The van der Waals surface area contributed by atoms with Gasteiger partial charge in [-0.2, -0.15) is 0 Å². The van der Waals surface area contributed by atoms with Gasteiger partial charge in [0.05, 0.1) is 0 Å². The SMILES string of the molecule is CC(C)NC(=O)c1ccc(-c2ccc3[nH]ccc3c2)o1. The van der Waals surface area contributed by atoms with E-state index < -0.39 is 0 Å². The summed E-state index contributed by atoms with van der Waals surface area (Å²) in [6.45, 7) is 3.84. The number of aromatic nitrogens is 1. The van der Waals surface area contributed by atoms with E-state index in [0.717, 1.165) is 16.5 Å². The molecule has 0 spiro atoms. The fraction of sp³-hybridized carbons (Fsp3) is 0.188. The molecule has 0 saturated heterocycles. The van der Waals surface area contributed by atoms with Gasteiger partial charge in [0.2, 0.25) is 0 Å². The van der Waals surface area contributed by atoms with Crippen LogP contribution in [0.1, 0.15) is 24.4 Å². The molecule has 0 fully saturated rings. The van der Waals surface area contributed by atoms with Crippen LogP contribution < -0.4 is 5.32 Å². The minimum atomic E-state index is -0.186. The van der Waals surface area contributed by atoms with Crippen LogP contribution in [0.5, 0.6) is 0 Å². The Morgan fingerprint density at radius 3 is 2.85 bits per heavy atom. The summed E-state index contributed by atoms with van der Waals surface area (Å²) in [6, 6.07) is 11.6. The molecule has 20 heavy (non-hydrogen) atoms. The Labute approximate surface area is 116 Å². The van der Waals surface area contributed by atoms with Crippen LogP contribution in [-0.2, 0) is 0 Å². The third-order valence-electron chi connectivity index (χ3n) is 3.09. The number of aromatic amines is 1. The number of benzene rings is 1. The number of hydrogen-bond donors (Lipinski definition) is 2. The van der Waals surface area contributed by atoms with E-state index in [1.165, 1.54) is 0 Å². The Balaban J connectivity index is 1.90. The third kappa shape index (κ3) is 2.32. The van der Waals surface area contributed by atoms with Crippen LogP contribution in [0.25, 0.3) is 22.2 Å². The van der Waals surface area contributed by atoms with Gasteiger partial charge in [-0.15, -0.1) is 0 Å². The first-order valence-corrected chi connectivity index (χ1v) is 6.62. The van der Waals surface area contributed by atoms with Crippen molar-refractivity contribution in [1.82, 2.24) is 10.3 Å². The number of carbonyl (C=O) groups is 1. The molecule has 2 heterocycles. The molecule has 0 aliphatic rings. The van der Waals surface area contributed by atoms with Crippen molar-refractivity contribution in [2.24, 2.45) is 0 Å². The molecule has 0 saturated carbocycles. The largest absolute Gasteiger partial charge is 0.451 e. The number of amides is 1. The zero-order valence-corrected chi connectivity index (χ0v) is 11.4. The van der Waals surface area contributed by atoms with Gasteiger partial charge in [-0.3, -0.25) is 4.79 Å². The molecule has 4 nitrogen and oxygen atoms in total. The summed E-state index contributed by atoms with van der Waals surface area (Å²) in [5, 5.41) is 3.93. The van der Waals surface area contributed by atoms with E-state index in [2.05, 4.69) is 10.3 Å². The second kappa shape index (κ2) is 4.89. The van der Waals surface area contributed by atoms with Crippen molar-refractivity contribution in [1.29, 1.82) is 0 Å². The quantitative estimate of drug-likeness (QED) is 0.763. The van der Waals surface area contributed by atoms with Crippen molar-refractivity contribution >= 4 is 16.8 Å². The smallest absolute Gasteiger partial charge is 0.287 e. The van der Waals surface area contributed by atoms with Crippen molar-refractivity contribution in [3.8, 4) is 11.3 Å². The monoisotopic (exact) mass is 268 g/mol. The zero-order valence-electron chi connectivity index (χ0n) is 11.4. The van der Waals surface area contributed by atoms with E-state index in [4.69, 9.17) is 4.42 Å². The summed E-state index contributed by atoms with van der Waals surface area (Å²) >= 11 is 0. The van der Waals surface area contributed by atoms with Gasteiger partial charge in [-0.05, 0) is 50.2 Å². The van der Waals surface area contributed by atoms with Crippen LogP contribution in [0.2, 0.25) is 0 Å². The molecule has 0 atom stereocenters. The molecule has 0 aliphatic heterocycles. The normalized spacial score (nSPS) is 11.2. The Morgan fingerprint density at radius 2 is 2.05 bits per heavy atom. The number of nitrogens with one attached hydrogen (secondary N) is 2. The summed E-state index contributed by atoms with van der Waals surface area (Å²) in [6.07, 6.45) is 1.90. The Bertz CT molecular complexity index is 753. The van der Waals surface area contributed by atoms with E-state index >= 15 is 0 Å². The average Bonchev–Trinajstić information content (AvgIpc) is 3.06. The molecule has 3 rings (SSSR count). The summed E-state index contributed by atoms with van der Waals surface area (Å²) in [7, 11) is 0. The van der Waals surface area contributed by atoms with Gasteiger partial charge in [0, 0.05) is 28.7 Å². The van der Waals surface area contributed by atoms with Crippen LogP contribution in [0, 0.1) is 0 Å². The standard InChI is InChI=1S/C16H16N2O2/c1-10(2)18-16(19)15-6-5-14(20-15)12-3-4-13-11(9-12)7-8-17-13/h3-10,17H,1-2H3,(H,18,19). The molecule has 0 unspecified atom stereocenters. The Morgan fingerprint density at radius 1 is 1.20 bits per heavy atom. The van der Waals surface area contributed by atoms with Crippen molar-refractivity contribution in [3.63, 3.8) is 0 Å². The first-order chi connectivity index (χ1) is 9.63. The maximum Gasteiger partial charge on any atom is 0.287 e. The topological polar surface area (TPSA) is 58.0 Å². The van der Waals surface area contributed by atoms with Gasteiger partial charge in [-0.25, -0.2) is 0 Å². The molecule has 4 heteroatoms. The van der Waals surface area contributed by atoms with Crippen molar-refractivity contribution < 1.29 is 9.21 Å². The predicted molar refractivity (Wildman–Crippen MR) is 78.6 cm³/mol. The predicted octanol–water partition coefficient (Wildman–Crippen LogP) is 3.57. The van der Waals surface area contributed by atoms with E-state index in [9.17, 15) is 4.79 Å². The van der Waals surface area contributed by atoms with E-state index in [1.54, 1.807) is 6.07 Å². The lowest BCUT2D eigenvalue weighted by atomic mass is 10.1. The Kier molecular flexibility index (Phi) is 3.06. The number of H-pyrrole nitrogens is 1. The van der Waals surface area contributed by atoms with Gasteiger partial charge < -0.3 is 14.7 Å². The summed E-state index contributed by atoms with van der Waals surface area (Å²) < 4.78 is 5.64. The van der Waals surface area contributed by atoms with Gasteiger partial charge >= 0.3 is 0 Å². The first-order valence-electron chi connectivity index (χ1n) is 6.62. The lowest BCUT2D eigenvalue weighted by molar-refractivity contribution is 0.0916. The number of fused-ring (bicyclic) bond motifs is 1. The second-order valence-corrected chi connectivity index (χ2v) is 5.07. The van der Waals surface area contributed by atoms with E-state index in [0.29, 0.717) is 11.5 Å². The average molecular weight is 268 g/mol. The highest BCUT2D eigenvalue weighted by Crippen LogP contribution is 2.25. The van der Waals surface area contributed by atoms with Gasteiger partial charge in [0.25, 0.3) is 5.91 Å². The molecule has 3 aromatic rings. The molecule has 0 bridgehead atoms. The van der Waals surface area contributed by atoms with Crippen LogP contribution >= 0.6 is 0 Å². The minimum absolute atomic E-state index is 0.0901. The van der Waals surface area contributed by atoms with Gasteiger partial charge in [0.15, 0.2) is 5.76 Å². The number of carbonyl (C=O) groups excluding carboxylic acids is 1. The lowest BCUT2D eigenvalue weighted by Crippen LogP contribution is -2.29. The van der Waals surface area contributed by atoms with E-state index in [-0.39, 0.29) is 11.9 Å². The van der Waals surface area contributed by atoms with Gasteiger partial charge in [-0.1, -0.05) is 0 Å². The van der Waals surface area contributed by atoms with Gasteiger partial charge in [0.1, 0.15) is 5.76 Å². The molecular weight excluding hydrogens is 252 g/mol. The Hall–Kier alpha value is -2.49. The molecule has 1 aromatic carbocycles. The first kappa shape index (κ1) is 12.5. The zero-order chi connectivity index (χ0) is 14.1. The maximum absolute atomic E-state index is 11.9. The molecule has 0 radical (unpaired) electrons. The highest BCUT2D eigenvalue weighted by molar-refractivity contribution is 5.92. The summed E-state index contributed by atoms with van der Waals surface area (Å²) in [5.41, 5.74) is 2.04. The molecule has 0 aliphatic carbocycles. The van der Waals surface area contributed by atoms with Crippen molar-refractivity contribution in [2.75, 3.05) is 0 Å². The summed E-state index contributed by atoms with van der Waals surface area (Å²) in [4.78, 5) is 15.0. The highest BCUT2D eigenvalue weighted by atomic mass is 16.3. The van der Waals surface area contributed by atoms with Crippen LogP contribution in [-0.4, -0.2) is 16.9 Å². The fourth-order valence-corrected chi connectivity index (χ4v) is 2.15. The van der Waals surface area contributed by atoms with Crippen molar-refractivity contribution in [2.45, 2.75) is 19.9 Å².